The van der Waals surface area contributed by atoms with Gasteiger partial charge in [0.05, 0.1) is 12.0 Å². The van der Waals surface area contributed by atoms with Crippen LogP contribution in [0.4, 0.5) is 0 Å². The van der Waals surface area contributed by atoms with Crippen molar-refractivity contribution >= 4 is 22.9 Å². The van der Waals surface area contributed by atoms with Gasteiger partial charge in [-0.3, -0.25) is 0 Å². The van der Waals surface area contributed by atoms with E-state index in [1.54, 1.807) is 11.3 Å². The molecule has 0 spiro atoms. The van der Waals surface area contributed by atoms with E-state index in [9.17, 15) is 0 Å². The van der Waals surface area contributed by atoms with E-state index in [4.69, 9.17) is 16.3 Å². The van der Waals surface area contributed by atoms with Crippen LogP contribution in [0.15, 0.2) is 24.3 Å². The average molecular weight is 307 g/mol. The lowest BCUT2D eigenvalue weighted by molar-refractivity contribution is 0.291. The van der Waals surface area contributed by atoms with Crippen LogP contribution in [0, 0.1) is 13.8 Å². The van der Waals surface area contributed by atoms with E-state index in [0.29, 0.717) is 0 Å². The number of alkyl halides is 1. The maximum absolute atomic E-state index is 6.68. The SMILES string of the molecule is Cc1cc(C(Cl)c2ccc3c(c2)C(C)(C)CO3)sc1C. The van der Waals surface area contributed by atoms with Crippen molar-refractivity contribution in [1.29, 1.82) is 0 Å². The predicted molar refractivity (Wildman–Crippen MR) is 86.5 cm³/mol. The van der Waals surface area contributed by atoms with Gasteiger partial charge in [-0.2, -0.15) is 0 Å². The Hall–Kier alpha value is -0.990. The van der Waals surface area contributed by atoms with Crippen molar-refractivity contribution in [2.75, 3.05) is 6.61 Å². The van der Waals surface area contributed by atoms with Crippen LogP contribution in [-0.2, 0) is 5.41 Å². The van der Waals surface area contributed by atoms with Gasteiger partial charge in [0.25, 0.3) is 0 Å². The predicted octanol–water partition coefficient (Wildman–Crippen LogP) is 5.36. The fourth-order valence-corrected chi connectivity index (χ4v) is 3.97. The average Bonchev–Trinajstić information content (AvgIpc) is 2.90. The lowest BCUT2D eigenvalue weighted by atomic mass is 9.86. The molecular weight excluding hydrogens is 288 g/mol. The van der Waals surface area contributed by atoms with Gasteiger partial charge in [-0.1, -0.05) is 19.9 Å². The first-order chi connectivity index (χ1) is 9.38. The molecule has 3 heteroatoms. The quantitative estimate of drug-likeness (QED) is 0.678. The van der Waals surface area contributed by atoms with Gasteiger partial charge in [0.1, 0.15) is 5.75 Å². The van der Waals surface area contributed by atoms with E-state index in [-0.39, 0.29) is 10.8 Å². The summed E-state index contributed by atoms with van der Waals surface area (Å²) < 4.78 is 5.74. The molecule has 2 heterocycles. The van der Waals surface area contributed by atoms with Crippen LogP contribution in [0.3, 0.4) is 0 Å². The van der Waals surface area contributed by atoms with Crippen LogP contribution < -0.4 is 4.74 Å². The fourth-order valence-electron chi connectivity index (χ4n) is 2.59. The highest BCUT2D eigenvalue weighted by atomic mass is 35.5. The van der Waals surface area contributed by atoms with Crippen molar-refractivity contribution in [3.8, 4) is 5.75 Å². The molecule has 0 radical (unpaired) electrons. The number of aryl methyl sites for hydroxylation is 2. The Morgan fingerprint density at radius 2 is 2.00 bits per heavy atom. The van der Waals surface area contributed by atoms with Crippen molar-refractivity contribution in [3.63, 3.8) is 0 Å². The van der Waals surface area contributed by atoms with Gasteiger partial charge in [-0.25, -0.2) is 0 Å². The topological polar surface area (TPSA) is 9.23 Å². The van der Waals surface area contributed by atoms with Crippen LogP contribution >= 0.6 is 22.9 Å². The van der Waals surface area contributed by atoms with Crippen molar-refractivity contribution < 1.29 is 4.74 Å². The number of rotatable bonds is 2. The van der Waals surface area contributed by atoms with Crippen LogP contribution in [0.5, 0.6) is 5.75 Å². The molecule has 0 N–H and O–H groups in total. The van der Waals surface area contributed by atoms with E-state index in [2.05, 4.69) is 52.0 Å². The summed E-state index contributed by atoms with van der Waals surface area (Å²) in [6.07, 6.45) is 0. The van der Waals surface area contributed by atoms with Crippen LogP contribution in [0.2, 0.25) is 0 Å². The molecule has 0 aliphatic carbocycles. The van der Waals surface area contributed by atoms with Gasteiger partial charge < -0.3 is 4.74 Å². The van der Waals surface area contributed by atoms with Gasteiger partial charge in [-0.05, 0) is 43.2 Å². The third kappa shape index (κ3) is 2.25. The van der Waals surface area contributed by atoms with E-state index in [1.165, 1.54) is 20.9 Å². The highest BCUT2D eigenvalue weighted by Crippen LogP contribution is 2.42. The standard InChI is InChI=1S/C17H19ClOS/c1-10-7-15(20-11(10)2)16(18)12-5-6-14-13(8-12)17(3,4)9-19-14/h5-8,16H,9H2,1-4H3. The molecule has 1 nitrogen and oxygen atoms in total. The van der Waals surface area contributed by atoms with Gasteiger partial charge in [-0.15, -0.1) is 22.9 Å². The molecule has 106 valence electrons. The molecule has 20 heavy (non-hydrogen) atoms. The largest absolute Gasteiger partial charge is 0.492 e. The molecule has 3 rings (SSSR count). The van der Waals surface area contributed by atoms with Gasteiger partial charge >= 0.3 is 0 Å². The van der Waals surface area contributed by atoms with Crippen molar-refractivity contribution in [2.45, 2.75) is 38.5 Å². The summed E-state index contributed by atoms with van der Waals surface area (Å²) in [7, 11) is 0. The van der Waals surface area contributed by atoms with Crippen LogP contribution in [-0.4, -0.2) is 6.61 Å². The second-order valence-corrected chi connectivity index (χ2v) is 7.90. The molecule has 0 fully saturated rings. The van der Waals surface area contributed by atoms with Gasteiger partial charge in [0.2, 0.25) is 0 Å². The summed E-state index contributed by atoms with van der Waals surface area (Å²) >= 11 is 8.47. The van der Waals surface area contributed by atoms with Crippen molar-refractivity contribution in [3.05, 3.63) is 50.7 Å². The number of halogens is 1. The maximum atomic E-state index is 6.68. The van der Waals surface area contributed by atoms with E-state index in [1.807, 2.05) is 0 Å². The Kier molecular flexibility index (Phi) is 3.34. The normalized spacial score (nSPS) is 17.6. The maximum Gasteiger partial charge on any atom is 0.123 e. The zero-order valence-electron chi connectivity index (χ0n) is 12.3. The molecule has 1 unspecified atom stereocenters. The number of fused-ring (bicyclic) bond motifs is 1. The smallest absolute Gasteiger partial charge is 0.123 e. The first-order valence-corrected chi connectivity index (χ1v) is 8.12. The first-order valence-electron chi connectivity index (χ1n) is 6.87. The molecule has 2 aromatic rings. The number of thiophene rings is 1. The summed E-state index contributed by atoms with van der Waals surface area (Å²) in [6.45, 7) is 9.46. The molecule has 0 bridgehead atoms. The Bertz CT molecular complexity index is 638. The van der Waals surface area contributed by atoms with Gasteiger partial charge in [0.15, 0.2) is 0 Å². The Morgan fingerprint density at radius 1 is 1.25 bits per heavy atom. The van der Waals surface area contributed by atoms with E-state index < -0.39 is 0 Å². The van der Waals surface area contributed by atoms with Crippen LogP contribution in [0.25, 0.3) is 0 Å². The highest BCUT2D eigenvalue weighted by Gasteiger charge is 2.32. The second-order valence-electron chi connectivity index (χ2n) is 6.18. The fraction of sp³-hybridized carbons (Fsp3) is 0.412. The molecule has 0 amide bonds. The molecule has 1 atom stereocenters. The van der Waals surface area contributed by atoms with Crippen LogP contribution in [0.1, 0.15) is 45.7 Å². The minimum absolute atomic E-state index is 0.0727. The Balaban J connectivity index is 1.99. The second kappa shape index (κ2) is 4.78. The molecule has 0 saturated carbocycles. The van der Waals surface area contributed by atoms with E-state index in [0.717, 1.165) is 17.9 Å². The number of hydrogen-bond acceptors (Lipinski definition) is 2. The monoisotopic (exact) mass is 306 g/mol. The molecule has 1 aliphatic rings. The van der Waals surface area contributed by atoms with Crippen molar-refractivity contribution in [1.82, 2.24) is 0 Å². The zero-order valence-corrected chi connectivity index (χ0v) is 13.9. The minimum Gasteiger partial charge on any atom is -0.492 e. The van der Waals surface area contributed by atoms with E-state index >= 15 is 0 Å². The summed E-state index contributed by atoms with van der Waals surface area (Å²) in [5.41, 5.74) is 3.82. The first kappa shape index (κ1) is 14.0. The number of ether oxygens (including phenoxy) is 1. The van der Waals surface area contributed by atoms with Crippen molar-refractivity contribution in [2.24, 2.45) is 0 Å². The Morgan fingerprint density at radius 3 is 2.65 bits per heavy atom. The third-order valence-electron chi connectivity index (χ3n) is 4.05. The zero-order chi connectivity index (χ0) is 14.5. The lowest BCUT2D eigenvalue weighted by Gasteiger charge is -2.17. The number of hydrogen-bond donors (Lipinski definition) is 0. The molecule has 1 aromatic carbocycles. The highest BCUT2D eigenvalue weighted by molar-refractivity contribution is 7.12. The third-order valence-corrected chi connectivity index (χ3v) is 5.88. The summed E-state index contributed by atoms with van der Waals surface area (Å²) in [4.78, 5) is 2.56. The molecule has 0 saturated heterocycles. The van der Waals surface area contributed by atoms with Gasteiger partial charge in [0, 0.05) is 20.7 Å². The Labute approximate surface area is 129 Å². The summed E-state index contributed by atoms with van der Waals surface area (Å²) in [5.74, 6) is 1.00. The summed E-state index contributed by atoms with van der Waals surface area (Å²) in [5, 5.41) is -0.0749. The molecule has 1 aliphatic heterocycles. The minimum atomic E-state index is -0.0749. The summed E-state index contributed by atoms with van der Waals surface area (Å²) in [6, 6.07) is 8.56. The number of benzene rings is 1. The molecular formula is C17H19ClOS. The molecule has 1 aromatic heterocycles. The lowest BCUT2D eigenvalue weighted by Crippen LogP contribution is -2.18.